The van der Waals surface area contributed by atoms with Crippen LogP contribution in [0.4, 0.5) is 23.0 Å². The van der Waals surface area contributed by atoms with Gasteiger partial charge in [0, 0.05) is 30.0 Å². The molecule has 1 aromatic heterocycles. The number of carbonyl (C=O) groups excluding carboxylic acids is 1. The molecule has 0 unspecified atom stereocenters. The van der Waals surface area contributed by atoms with Gasteiger partial charge in [0.25, 0.3) is 0 Å². The van der Waals surface area contributed by atoms with Gasteiger partial charge in [-0.15, -0.1) is 0 Å². The lowest BCUT2D eigenvalue weighted by Gasteiger charge is -2.29. The lowest BCUT2D eigenvalue weighted by molar-refractivity contribution is -0.111. The molecule has 0 saturated carbocycles. The third kappa shape index (κ3) is 5.19. The third-order valence-corrected chi connectivity index (χ3v) is 5.48. The van der Waals surface area contributed by atoms with Crippen molar-refractivity contribution in [2.24, 2.45) is 0 Å². The highest BCUT2D eigenvalue weighted by Crippen LogP contribution is 2.32. The van der Waals surface area contributed by atoms with Gasteiger partial charge >= 0.3 is 0 Å². The summed E-state index contributed by atoms with van der Waals surface area (Å²) in [6, 6.07) is 12.9. The molecular formula is C23H21Cl2N5O2. The number of morpholine rings is 1. The number of halogens is 2. The quantitative estimate of drug-likeness (QED) is 0.485. The van der Waals surface area contributed by atoms with Crippen LogP contribution in [0.2, 0.25) is 10.0 Å². The molecule has 0 atom stereocenters. The molecule has 0 spiro atoms. The minimum atomic E-state index is -0.294. The van der Waals surface area contributed by atoms with E-state index in [1.54, 1.807) is 18.3 Å². The Kier molecular flexibility index (Phi) is 6.90. The zero-order chi connectivity index (χ0) is 22.5. The highest BCUT2D eigenvalue weighted by Gasteiger charge is 2.15. The smallest absolute Gasteiger partial charge is 0.247 e. The van der Waals surface area contributed by atoms with Crippen LogP contribution in [0.3, 0.4) is 0 Å². The summed E-state index contributed by atoms with van der Waals surface area (Å²) in [7, 11) is 0. The number of aromatic nitrogens is 2. The molecule has 0 aliphatic carbocycles. The van der Waals surface area contributed by atoms with Crippen LogP contribution in [-0.4, -0.2) is 42.2 Å². The van der Waals surface area contributed by atoms with Crippen molar-refractivity contribution in [1.82, 2.24) is 9.97 Å². The van der Waals surface area contributed by atoms with Gasteiger partial charge in [0.1, 0.15) is 0 Å². The standard InChI is InChI=1S/C23H21Cl2N5O2/c1-2-21(31)27-16-5-3-4-15(12-16)22-19(25)14-26-23(29-22)28-17-6-7-18(24)20(13-17)30-8-10-32-11-9-30/h2-7,12-14H,1,8-11H2,(H,27,31)(H,26,28,29). The zero-order valence-electron chi connectivity index (χ0n) is 17.1. The molecule has 0 bridgehead atoms. The second-order valence-corrected chi connectivity index (χ2v) is 7.87. The molecule has 1 saturated heterocycles. The van der Waals surface area contributed by atoms with Crippen LogP contribution < -0.4 is 15.5 Å². The van der Waals surface area contributed by atoms with Gasteiger partial charge in [-0.1, -0.05) is 41.9 Å². The van der Waals surface area contributed by atoms with Crippen molar-refractivity contribution in [1.29, 1.82) is 0 Å². The molecule has 2 N–H and O–H groups in total. The Morgan fingerprint density at radius 3 is 2.69 bits per heavy atom. The molecule has 1 aliphatic rings. The predicted molar refractivity (Wildman–Crippen MR) is 129 cm³/mol. The van der Waals surface area contributed by atoms with Gasteiger partial charge in [-0.25, -0.2) is 9.97 Å². The minimum absolute atomic E-state index is 0.294. The first-order chi connectivity index (χ1) is 15.5. The second-order valence-electron chi connectivity index (χ2n) is 7.05. The number of benzene rings is 2. The lowest BCUT2D eigenvalue weighted by Crippen LogP contribution is -2.36. The number of carbonyl (C=O) groups is 1. The summed E-state index contributed by atoms with van der Waals surface area (Å²) in [6.07, 6.45) is 2.75. The van der Waals surface area contributed by atoms with Crippen LogP contribution in [0.15, 0.2) is 61.3 Å². The van der Waals surface area contributed by atoms with Crippen molar-refractivity contribution >= 4 is 52.1 Å². The summed E-state index contributed by atoms with van der Waals surface area (Å²) in [5.41, 5.74) is 3.63. The first kappa shape index (κ1) is 22.1. The highest BCUT2D eigenvalue weighted by atomic mass is 35.5. The van der Waals surface area contributed by atoms with E-state index >= 15 is 0 Å². The summed E-state index contributed by atoms with van der Waals surface area (Å²) < 4.78 is 5.43. The number of nitrogens with one attached hydrogen (secondary N) is 2. The van der Waals surface area contributed by atoms with E-state index in [1.165, 1.54) is 6.08 Å². The predicted octanol–water partition coefficient (Wildman–Crippen LogP) is 5.16. The average Bonchev–Trinajstić information content (AvgIpc) is 2.82. The number of amides is 1. The topological polar surface area (TPSA) is 79.4 Å². The van der Waals surface area contributed by atoms with Crippen molar-refractivity contribution in [3.8, 4) is 11.3 Å². The fourth-order valence-corrected chi connectivity index (χ4v) is 3.77. The van der Waals surface area contributed by atoms with E-state index in [-0.39, 0.29) is 5.91 Å². The summed E-state index contributed by atoms with van der Waals surface area (Å²) in [4.78, 5) is 22.7. The van der Waals surface area contributed by atoms with Crippen molar-refractivity contribution in [2.45, 2.75) is 0 Å². The summed E-state index contributed by atoms with van der Waals surface area (Å²) in [6.45, 7) is 6.37. The van der Waals surface area contributed by atoms with Crippen molar-refractivity contribution in [2.75, 3.05) is 41.8 Å². The zero-order valence-corrected chi connectivity index (χ0v) is 18.7. The average molecular weight is 470 g/mol. The van der Waals surface area contributed by atoms with Gasteiger partial charge in [-0.3, -0.25) is 4.79 Å². The van der Waals surface area contributed by atoms with Crippen LogP contribution in [0.5, 0.6) is 0 Å². The molecule has 1 aliphatic heterocycles. The first-order valence-corrected chi connectivity index (χ1v) is 10.7. The van der Waals surface area contributed by atoms with Gasteiger partial charge < -0.3 is 20.3 Å². The van der Waals surface area contributed by atoms with Crippen molar-refractivity contribution in [3.05, 3.63) is 71.4 Å². The molecular weight excluding hydrogens is 449 g/mol. The monoisotopic (exact) mass is 469 g/mol. The van der Waals surface area contributed by atoms with Crippen molar-refractivity contribution in [3.63, 3.8) is 0 Å². The molecule has 9 heteroatoms. The number of nitrogens with zero attached hydrogens (tertiary/aromatic N) is 3. The van der Waals surface area contributed by atoms with Gasteiger partial charge in [0.05, 0.1) is 40.8 Å². The highest BCUT2D eigenvalue weighted by molar-refractivity contribution is 6.33. The summed E-state index contributed by atoms with van der Waals surface area (Å²) in [5.74, 6) is 0.0947. The largest absolute Gasteiger partial charge is 0.378 e. The van der Waals surface area contributed by atoms with E-state index < -0.39 is 0 Å². The number of rotatable bonds is 6. The number of ether oxygens (including phenoxy) is 1. The number of hydrogen-bond donors (Lipinski definition) is 2. The van der Waals surface area contributed by atoms with Crippen molar-refractivity contribution < 1.29 is 9.53 Å². The maximum Gasteiger partial charge on any atom is 0.247 e. The number of anilines is 4. The van der Waals surface area contributed by atoms with E-state index in [1.807, 2.05) is 30.3 Å². The van der Waals surface area contributed by atoms with Gasteiger partial charge in [0.15, 0.2) is 0 Å². The van der Waals surface area contributed by atoms with Gasteiger partial charge in [-0.2, -0.15) is 0 Å². The van der Waals surface area contributed by atoms with Crippen LogP contribution in [-0.2, 0) is 9.53 Å². The molecule has 32 heavy (non-hydrogen) atoms. The van der Waals surface area contributed by atoms with E-state index in [4.69, 9.17) is 27.9 Å². The summed E-state index contributed by atoms with van der Waals surface area (Å²) in [5, 5.41) is 7.03. The molecule has 164 valence electrons. The van der Waals surface area contributed by atoms with E-state index in [0.29, 0.717) is 40.6 Å². The van der Waals surface area contributed by atoms with Crippen LogP contribution in [0.25, 0.3) is 11.3 Å². The molecule has 2 heterocycles. The van der Waals surface area contributed by atoms with Gasteiger partial charge in [0.2, 0.25) is 11.9 Å². The summed E-state index contributed by atoms with van der Waals surface area (Å²) >= 11 is 12.8. The van der Waals surface area contributed by atoms with Crippen LogP contribution >= 0.6 is 23.2 Å². The molecule has 1 fully saturated rings. The van der Waals surface area contributed by atoms with E-state index in [9.17, 15) is 4.79 Å². The molecule has 7 nitrogen and oxygen atoms in total. The van der Waals surface area contributed by atoms with E-state index in [0.717, 1.165) is 30.0 Å². The molecule has 1 amide bonds. The third-order valence-electron chi connectivity index (χ3n) is 4.89. The number of hydrogen-bond acceptors (Lipinski definition) is 6. The lowest BCUT2D eigenvalue weighted by atomic mass is 10.1. The fourth-order valence-electron chi connectivity index (χ4n) is 3.33. The normalized spacial score (nSPS) is 13.5. The Balaban J connectivity index is 1.59. The van der Waals surface area contributed by atoms with Gasteiger partial charge in [-0.05, 0) is 36.4 Å². The van der Waals surface area contributed by atoms with Crippen LogP contribution in [0, 0.1) is 0 Å². The SMILES string of the molecule is C=CC(=O)Nc1cccc(-c2nc(Nc3ccc(Cl)c(N4CCOCC4)c3)ncc2Cl)c1. The minimum Gasteiger partial charge on any atom is -0.378 e. The Labute approximate surface area is 196 Å². The second kappa shape index (κ2) is 9.99. The fraction of sp³-hybridized carbons (Fsp3) is 0.174. The maximum atomic E-state index is 11.6. The first-order valence-electron chi connectivity index (χ1n) is 9.99. The molecule has 4 rings (SSSR count). The van der Waals surface area contributed by atoms with E-state index in [2.05, 4.69) is 32.1 Å². The Morgan fingerprint density at radius 1 is 1.09 bits per heavy atom. The molecule has 2 aromatic carbocycles. The Morgan fingerprint density at radius 2 is 1.91 bits per heavy atom. The molecule has 3 aromatic rings. The Hall–Kier alpha value is -3.13. The maximum absolute atomic E-state index is 11.6. The molecule has 0 radical (unpaired) electrons. The Bertz CT molecular complexity index is 1150. The van der Waals surface area contributed by atoms with Crippen LogP contribution in [0.1, 0.15) is 0 Å².